The molecular formula is C10H10F3N3O. The first-order valence-electron chi connectivity index (χ1n) is 5.10. The molecule has 0 bridgehead atoms. The Bertz CT molecular complexity index is 597. The Morgan fingerprint density at radius 1 is 1.41 bits per heavy atom. The summed E-state index contributed by atoms with van der Waals surface area (Å²) in [6.07, 6.45) is -3.15. The van der Waals surface area contributed by atoms with Crippen LogP contribution in [-0.2, 0) is 12.6 Å². The molecule has 2 rings (SSSR count). The van der Waals surface area contributed by atoms with Gasteiger partial charge in [0.15, 0.2) is 5.65 Å². The standard InChI is InChI=1S/C10H10F3N3O/c1-2-3-7-14-8-4-6(10(11,12)13)5-9(17)16(8)15-7/h4-5H,2-3H2,1H3,(H,14,15). The van der Waals surface area contributed by atoms with Crippen LogP contribution in [0.15, 0.2) is 16.9 Å². The van der Waals surface area contributed by atoms with Gasteiger partial charge in [0.2, 0.25) is 0 Å². The van der Waals surface area contributed by atoms with Crippen LogP contribution in [0.3, 0.4) is 0 Å². The van der Waals surface area contributed by atoms with Crippen LogP contribution in [0, 0.1) is 0 Å². The van der Waals surface area contributed by atoms with E-state index in [0.29, 0.717) is 18.3 Å². The third-order valence-electron chi connectivity index (χ3n) is 2.32. The third kappa shape index (κ3) is 2.17. The molecule has 0 aliphatic carbocycles. The van der Waals surface area contributed by atoms with Crippen LogP contribution in [0.5, 0.6) is 0 Å². The fourth-order valence-corrected chi connectivity index (χ4v) is 1.56. The van der Waals surface area contributed by atoms with Crippen LogP contribution in [-0.4, -0.2) is 14.6 Å². The van der Waals surface area contributed by atoms with Gasteiger partial charge >= 0.3 is 6.18 Å². The number of aryl methyl sites for hydroxylation is 1. The number of pyridine rings is 1. The van der Waals surface area contributed by atoms with Gasteiger partial charge in [-0.05, 0) is 12.5 Å². The first kappa shape index (κ1) is 11.7. The second kappa shape index (κ2) is 3.90. The minimum atomic E-state index is -4.53. The predicted octanol–water partition coefficient (Wildman–Crippen LogP) is 1.99. The lowest BCUT2D eigenvalue weighted by Gasteiger charge is -2.04. The van der Waals surface area contributed by atoms with Crippen LogP contribution in [0.4, 0.5) is 13.2 Å². The normalized spacial score (nSPS) is 12.2. The smallest absolute Gasteiger partial charge is 0.276 e. The maximum absolute atomic E-state index is 12.5. The highest BCUT2D eigenvalue weighted by Gasteiger charge is 2.31. The second-order valence-corrected chi connectivity index (χ2v) is 3.69. The summed E-state index contributed by atoms with van der Waals surface area (Å²) in [4.78, 5) is 15.4. The average Bonchev–Trinajstić information content (AvgIpc) is 2.60. The molecule has 0 aliphatic heterocycles. The lowest BCUT2D eigenvalue weighted by molar-refractivity contribution is -0.137. The SMILES string of the molecule is CCCc1nc2cc(C(F)(F)F)cc(=O)n2[nH]1. The number of aromatic nitrogens is 3. The molecule has 0 fully saturated rings. The summed E-state index contributed by atoms with van der Waals surface area (Å²) in [6.45, 7) is 1.91. The molecule has 0 unspecified atom stereocenters. The highest BCUT2D eigenvalue weighted by molar-refractivity contribution is 5.41. The Morgan fingerprint density at radius 2 is 2.12 bits per heavy atom. The fourth-order valence-electron chi connectivity index (χ4n) is 1.56. The molecule has 17 heavy (non-hydrogen) atoms. The van der Waals surface area contributed by atoms with E-state index in [1.807, 2.05) is 6.92 Å². The van der Waals surface area contributed by atoms with Gasteiger partial charge in [0.05, 0.1) is 5.56 Å². The Kier molecular flexibility index (Phi) is 2.68. The van der Waals surface area contributed by atoms with Crippen molar-refractivity contribution in [2.45, 2.75) is 25.9 Å². The lowest BCUT2D eigenvalue weighted by atomic mass is 10.2. The number of nitrogens with zero attached hydrogens (tertiary/aromatic N) is 2. The van der Waals surface area contributed by atoms with Crippen molar-refractivity contribution in [1.29, 1.82) is 0 Å². The number of hydrogen-bond acceptors (Lipinski definition) is 2. The van der Waals surface area contributed by atoms with Crippen LogP contribution in [0.1, 0.15) is 24.7 Å². The molecule has 1 N–H and O–H groups in total. The third-order valence-corrected chi connectivity index (χ3v) is 2.32. The predicted molar refractivity (Wildman–Crippen MR) is 54.8 cm³/mol. The van der Waals surface area contributed by atoms with E-state index in [0.717, 1.165) is 17.0 Å². The Labute approximate surface area is 94.1 Å². The van der Waals surface area contributed by atoms with Gasteiger partial charge in [-0.3, -0.25) is 9.89 Å². The fraction of sp³-hybridized carbons (Fsp3) is 0.400. The van der Waals surface area contributed by atoms with E-state index in [1.165, 1.54) is 0 Å². The van der Waals surface area contributed by atoms with Crippen molar-refractivity contribution in [2.75, 3.05) is 0 Å². The zero-order valence-corrected chi connectivity index (χ0v) is 9.01. The molecule has 2 heterocycles. The van der Waals surface area contributed by atoms with Gasteiger partial charge in [-0.1, -0.05) is 6.92 Å². The topological polar surface area (TPSA) is 50.2 Å². The van der Waals surface area contributed by atoms with Crippen LogP contribution in [0.2, 0.25) is 0 Å². The number of H-pyrrole nitrogens is 1. The van der Waals surface area contributed by atoms with Gasteiger partial charge in [-0.15, -0.1) is 0 Å². The molecule has 4 nitrogen and oxygen atoms in total. The van der Waals surface area contributed by atoms with E-state index in [1.54, 1.807) is 0 Å². The monoisotopic (exact) mass is 245 g/mol. The lowest BCUT2D eigenvalue weighted by Crippen LogP contribution is -2.17. The molecule has 2 aromatic heterocycles. The van der Waals surface area contributed by atoms with E-state index in [2.05, 4.69) is 10.1 Å². The molecule has 0 radical (unpaired) electrons. The first-order valence-corrected chi connectivity index (χ1v) is 5.10. The Balaban J connectivity index is 2.61. The summed E-state index contributed by atoms with van der Waals surface area (Å²) in [7, 11) is 0. The number of aromatic amines is 1. The highest BCUT2D eigenvalue weighted by atomic mass is 19.4. The maximum atomic E-state index is 12.5. The minimum Gasteiger partial charge on any atom is -0.276 e. The molecule has 0 saturated heterocycles. The van der Waals surface area contributed by atoms with Crippen molar-refractivity contribution in [1.82, 2.24) is 14.6 Å². The Hall–Kier alpha value is -1.79. The van der Waals surface area contributed by atoms with E-state index >= 15 is 0 Å². The Morgan fingerprint density at radius 3 is 2.71 bits per heavy atom. The van der Waals surface area contributed by atoms with Crippen molar-refractivity contribution >= 4 is 5.65 Å². The summed E-state index contributed by atoms with van der Waals surface area (Å²) in [5.74, 6) is 0.504. The summed E-state index contributed by atoms with van der Waals surface area (Å²) in [5, 5.41) is 2.67. The molecule has 2 aromatic rings. The largest absolute Gasteiger partial charge is 0.416 e. The zero-order valence-electron chi connectivity index (χ0n) is 9.01. The van der Waals surface area contributed by atoms with Gasteiger partial charge < -0.3 is 0 Å². The zero-order chi connectivity index (χ0) is 12.6. The molecule has 0 aromatic carbocycles. The summed E-state index contributed by atoms with van der Waals surface area (Å²) >= 11 is 0. The molecule has 0 atom stereocenters. The van der Waals surface area contributed by atoms with Crippen molar-refractivity contribution in [3.05, 3.63) is 33.9 Å². The maximum Gasteiger partial charge on any atom is 0.416 e. The molecule has 0 spiro atoms. The second-order valence-electron chi connectivity index (χ2n) is 3.69. The van der Waals surface area contributed by atoms with E-state index in [-0.39, 0.29) is 5.65 Å². The first-order chi connectivity index (χ1) is 7.91. The van der Waals surface area contributed by atoms with E-state index in [9.17, 15) is 18.0 Å². The van der Waals surface area contributed by atoms with Crippen molar-refractivity contribution < 1.29 is 13.2 Å². The van der Waals surface area contributed by atoms with E-state index < -0.39 is 17.3 Å². The van der Waals surface area contributed by atoms with Crippen LogP contribution in [0.25, 0.3) is 5.65 Å². The molecule has 92 valence electrons. The van der Waals surface area contributed by atoms with Gasteiger partial charge in [0.1, 0.15) is 5.82 Å². The van der Waals surface area contributed by atoms with Crippen molar-refractivity contribution in [3.63, 3.8) is 0 Å². The summed E-state index contributed by atoms with van der Waals surface area (Å²) in [6, 6.07) is 1.41. The number of rotatable bonds is 2. The molecular weight excluding hydrogens is 235 g/mol. The number of fused-ring (bicyclic) bond motifs is 1. The van der Waals surface area contributed by atoms with E-state index in [4.69, 9.17) is 0 Å². The highest BCUT2D eigenvalue weighted by Crippen LogP contribution is 2.28. The average molecular weight is 245 g/mol. The summed E-state index contributed by atoms with van der Waals surface area (Å²) < 4.78 is 38.4. The van der Waals surface area contributed by atoms with Crippen molar-refractivity contribution in [3.8, 4) is 0 Å². The van der Waals surface area contributed by atoms with Gasteiger partial charge in [-0.25, -0.2) is 9.50 Å². The van der Waals surface area contributed by atoms with Crippen LogP contribution >= 0.6 is 0 Å². The molecule has 0 amide bonds. The number of halogens is 3. The molecule has 0 aliphatic rings. The van der Waals surface area contributed by atoms with Crippen LogP contribution < -0.4 is 5.56 Å². The quantitative estimate of drug-likeness (QED) is 0.879. The number of nitrogens with one attached hydrogen (secondary N) is 1. The molecule has 0 saturated carbocycles. The van der Waals surface area contributed by atoms with Gasteiger partial charge in [0.25, 0.3) is 5.56 Å². The number of alkyl halides is 3. The number of hydrogen-bond donors (Lipinski definition) is 1. The molecule has 7 heteroatoms. The van der Waals surface area contributed by atoms with Gasteiger partial charge in [-0.2, -0.15) is 13.2 Å². The summed E-state index contributed by atoms with van der Waals surface area (Å²) in [5.41, 5.74) is -1.74. The minimum absolute atomic E-state index is 0.00623. The van der Waals surface area contributed by atoms with Crippen molar-refractivity contribution in [2.24, 2.45) is 0 Å². The van der Waals surface area contributed by atoms with Gasteiger partial charge in [0, 0.05) is 12.5 Å².